The predicted molar refractivity (Wildman–Crippen MR) is 270 cm³/mol. The Kier molecular flexibility index (Phi) is 23.6. The third kappa shape index (κ3) is 17.4. The van der Waals surface area contributed by atoms with Crippen molar-refractivity contribution in [2.45, 2.75) is 102 Å². The van der Waals surface area contributed by atoms with E-state index in [1.807, 2.05) is 60.7 Å². The van der Waals surface area contributed by atoms with Gasteiger partial charge in [-0.15, -0.1) is 0 Å². The van der Waals surface area contributed by atoms with E-state index in [1.165, 1.54) is 22.3 Å². The van der Waals surface area contributed by atoms with Gasteiger partial charge in [-0.1, -0.05) is 133 Å². The smallest absolute Gasteiger partial charge is 0.550 e. The van der Waals surface area contributed by atoms with Crippen LogP contribution in [-0.2, 0) is 51.3 Å². The molecule has 13 heteroatoms. The molecule has 0 amide bonds. The van der Waals surface area contributed by atoms with E-state index in [0.29, 0.717) is 65.3 Å². The van der Waals surface area contributed by atoms with Gasteiger partial charge in [0.25, 0.3) is 0 Å². The number of hydrogen-bond donors (Lipinski definition) is 0. The van der Waals surface area contributed by atoms with Crippen LogP contribution in [0.3, 0.4) is 0 Å². The number of ketones is 2. The molecule has 0 aromatic heterocycles. The van der Waals surface area contributed by atoms with Crippen molar-refractivity contribution < 1.29 is 48.3 Å². The minimum Gasteiger partial charge on any atom is -0.550 e. The molecule has 4 aliphatic rings. The Hall–Kier alpha value is -4.34. The molecule has 8 rings (SSSR count). The quantitative estimate of drug-likeness (QED) is 0.0631. The Morgan fingerprint density at radius 2 is 0.845 bits per heavy atom. The van der Waals surface area contributed by atoms with Gasteiger partial charge in [0.2, 0.25) is 0 Å². The van der Waals surface area contributed by atoms with Crippen LogP contribution >= 0.6 is 0 Å². The van der Waals surface area contributed by atoms with Crippen molar-refractivity contribution in [3.05, 3.63) is 145 Å². The molecule has 372 valence electrons. The maximum absolute atomic E-state index is 13.1. The summed E-state index contributed by atoms with van der Waals surface area (Å²) in [5.74, 6) is -1.35. The number of carbonyl (C=O) groups excluding carboxylic acids is 4. The number of carboxylic acid groups (broad SMARTS) is 2. The number of nitrogens with zero attached hydrogens (tertiary/aromatic N) is 2. The Bertz CT molecular complexity index is 2130. The van der Waals surface area contributed by atoms with Gasteiger partial charge in [-0.25, -0.2) is 0 Å². The van der Waals surface area contributed by atoms with Crippen LogP contribution in [0.2, 0.25) is 0 Å². The number of allylic oxidation sites excluding steroid dienone is 4. The first-order chi connectivity index (χ1) is 34.2. The number of benzene rings is 4. The fourth-order valence-corrected chi connectivity index (χ4v) is 10.2. The Morgan fingerprint density at radius 3 is 1.20 bits per heavy atom. The zero-order valence-corrected chi connectivity index (χ0v) is 43.2. The first-order valence-corrected chi connectivity index (χ1v) is 25.1. The molecule has 2 saturated carbocycles. The molecule has 0 N–H and O–H groups in total. The molecule has 2 aliphatic heterocycles. The average molecular weight is 993 g/mol. The van der Waals surface area contributed by atoms with E-state index >= 15 is 0 Å². The number of rotatable bonds is 22. The standard InChI is InChI=1S/2C29H35NO5.Ca/c2*31-26-20-27(35-21-22-12-14-24(15-13-22)23-8-4-3-5-9-23)25(10-6-1-2-7-11-28(32)33)29(26)30-16-18-34-19-17-30;/h2*1-5,8-9,12-15,25,27,29H,6-7,10-11,16-21H2,(H,32,33);/q;;+2/p-2/b2*2-1-;/t2*25-,27-,29+;/m11./s1. The zero-order chi connectivity index (χ0) is 48.9. The average Bonchev–Trinajstić information content (AvgIpc) is 3.89. The molecule has 71 heavy (non-hydrogen) atoms. The Balaban J connectivity index is 0.000000229. The molecule has 0 radical (unpaired) electrons. The van der Waals surface area contributed by atoms with E-state index in [4.69, 9.17) is 18.9 Å². The number of ether oxygens (including phenoxy) is 4. The number of hydrogen-bond acceptors (Lipinski definition) is 12. The van der Waals surface area contributed by atoms with Gasteiger partial charge in [0.1, 0.15) is 0 Å². The largest absolute Gasteiger partial charge is 2.00 e. The molecular formula is C58H68CaN2O10. The van der Waals surface area contributed by atoms with Crippen LogP contribution in [0.4, 0.5) is 0 Å². The third-order valence-electron chi connectivity index (χ3n) is 13.9. The maximum atomic E-state index is 13.1. The summed E-state index contributed by atoms with van der Waals surface area (Å²) < 4.78 is 23.7. The maximum Gasteiger partial charge on any atom is 2.00 e. The number of aliphatic carboxylic acids is 2. The Morgan fingerprint density at radius 1 is 0.507 bits per heavy atom. The molecule has 6 atom stereocenters. The number of carboxylic acids is 2. The van der Waals surface area contributed by atoms with Gasteiger partial charge in [0.15, 0.2) is 11.6 Å². The van der Waals surface area contributed by atoms with E-state index in [0.717, 1.165) is 63.0 Å². The molecule has 0 unspecified atom stereocenters. The summed E-state index contributed by atoms with van der Waals surface area (Å²) in [5, 5.41) is 21.2. The van der Waals surface area contributed by atoms with Gasteiger partial charge in [-0.05, 0) is 84.7 Å². The normalized spacial score (nSPS) is 22.9. The third-order valence-corrected chi connectivity index (χ3v) is 13.9. The number of Topliss-reactive ketones (excluding diaryl/α,β-unsaturated/α-hetero) is 2. The van der Waals surface area contributed by atoms with Crippen molar-refractivity contribution in [3.63, 3.8) is 0 Å². The zero-order valence-electron chi connectivity index (χ0n) is 41.0. The fourth-order valence-electron chi connectivity index (χ4n) is 10.2. The van der Waals surface area contributed by atoms with Crippen LogP contribution in [0.15, 0.2) is 133 Å². The topological polar surface area (TPSA) is 158 Å². The molecule has 2 aliphatic carbocycles. The molecule has 4 aromatic rings. The first kappa shape index (κ1) is 56.0. The Labute approximate surface area is 449 Å². The van der Waals surface area contributed by atoms with E-state index in [-0.39, 0.29) is 98.3 Å². The van der Waals surface area contributed by atoms with Gasteiger partial charge in [0, 0.05) is 62.8 Å². The van der Waals surface area contributed by atoms with Gasteiger partial charge in [-0.2, -0.15) is 0 Å². The van der Waals surface area contributed by atoms with Crippen molar-refractivity contribution in [1.29, 1.82) is 0 Å². The summed E-state index contributed by atoms with van der Waals surface area (Å²) in [4.78, 5) is 51.9. The molecule has 4 aromatic carbocycles. The summed E-state index contributed by atoms with van der Waals surface area (Å²) in [6.07, 6.45) is 12.7. The molecule has 12 nitrogen and oxygen atoms in total. The van der Waals surface area contributed by atoms with E-state index in [1.54, 1.807) is 0 Å². The minimum atomic E-state index is -1.03. The van der Waals surface area contributed by atoms with Crippen LogP contribution in [0.1, 0.15) is 75.3 Å². The van der Waals surface area contributed by atoms with Crippen LogP contribution in [0, 0.1) is 11.8 Å². The van der Waals surface area contributed by atoms with E-state index in [2.05, 4.69) is 82.6 Å². The number of carbonyl (C=O) groups is 4. The first-order valence-electron chi connectivity index (χ1n) is 25.1. The summed E-state index contributed by atoms with van der Waals surface area (Å²) >= 11 is 0. The van der Waals surface area contributed by atoms with Crippen LogP contribution in [-0.4, -0.2) is 148 Å². The summed E-state index contributed by atoms with van der Waals surface area (Å²) in [6, 6.07) is 37.1. The van der Waals surface area contributed by atoms with Gasteiger partial charge in [-0.3, -0.25) is 19.4 Å². The fraction of sp³-hybridized carbons (Fsp3) is 0.448. The van der Waals surface area contributed by atoms with Crippen LogP contribution < -0.4 is 10.2 Å². The predicted octanol–water partition coefficient (Wildman–Crippen LogP) is 6.41. The molecule has 2 saturated heterocycles. The minimum absolute atomic E-state index is 0. The molecule has 2 heterocycles. The SMILES string of the molecule is O=C([O-])CC/C=C\CC[C@H]1[C@H](N2CCOCC2)C(=O)C[C@H]1OCc1ccc(-c2ccccc2)cc1.O=C([O-])CC/C=C\CC[C@H]1[C@H](N2CCOCC2)C(=O)C[C@H]1OCc1ccc(-c2ccccc2)cc1.[Ca+2]. The monoisotopic (exact) mass is 992 g/mol. The van der Waals surface area contributed by atoms with Crippen molar-refractivity contribution in [3.8, 4) is 22.3 Å². The summed E-state index contributed by atoms with van der Waals surface area (Å²) in [7, 11) is 0. The van der Waals surface area contributed by atoms with E-state index in [9.17, 15) is 29.4 Å². The second-order valence-corrected chi connectivity index (χ2v) is 18.6. The molecular weight excluding hydrogens is 925 g/mol. The van der Waals surface area contributed by atoms with Gasteiger partial charge < -0.3 is 38.7 Å². The second-order valence-electron chi connectivity index (χ2n) is 18.6. The van der Waals surface area contributed by atoms with Crippen molar-refractivity contribution >= 4 is 61.2 Å². The van der Waals surface area contributed by atoms with Crippen LogP contribution in [0.5, 0.6) is 0 Å². The molecule has 0 bridgehead atoms. The van der Waals surface area contributed by atoms with Crippen molar-refractivity contribution in [2.24, 2.45) is 11.8 Å². The molecule has 4 fully saturated rings. The van der Waals surface area contributed by atoms with Crippen LogP contribution in [0.25, 0.3) is 22.3 Å². The van der Waals surface area contributed by atoms with E-state index < -0.39 is 11.9 Å². The summed E-state index contributed by atoms with van der Waals surface area (Å²) in [5.41, 5.74) is 6.88. The number of morpholine rings is 2. The van der Waals surface area contributed by atoms with Gasteiger partial charge in [0.05, 0.1) is 63.9 Å². The van der Waals surface area contributed by atoms with Crippen molar-refractivity contribution in [2.75, 3.05) is 52.6 Å². The second kappa shape index (κ2) is 30.0. The summed E-state index contributed by atoms with van der Waals surface area (Å²) in [6.45, 7) is 6.62. The van der Waals surface area contributed by atoms with Gasteiger partial charge >= 0.3 is 37.7 Å². The van der Waals surface area contributed by atoms with Crippen molar-refractivity contribution in [1.82, 2.24) is 9.80 Å². The molecule has 0 spiro atoms.